The Morgan fingerprint density at radius 1 is 0.852 bits per heavy atom. The van der Waals surface area contributed by atoms with Crippen LogP contribution < -0.4 is 0 Å². The summed E-state index contributed by atoms with van der Waals surface area (Å²) in [6.07, 6.45) is 0.503. The van der Waals surface area contributed by atoms with Gasteiger partial charge in [-0.15, -0.1) is 0 Å². The van der Waals surface area contributed by atoms with Crippen molar-refractivity contribution in [2.24, 2.45) is 0 Å². The Morgan fingerprint density at radius 2 is 1.41 bits per heavy atom. The Kier molecular flexibility index (Phi) is 8.23. The van der Waals surface area contributed by atoms with Gasteiger partial charge in [0.25, 0.3) is 0 Å². The van der Waals surface area contributed by atoms with Crippen molar-refractivity contribution in [1.82, 2.24) is 0 Å². The first-order valence-corrected chi connectivity index (χ1v) is 9.03. The van der Waals surface area contributed by atoms with E-state index in [0.29, 0.717) is 19.3 Å². The number of aliphatic carboxylic acids is 1. The first-order chi connectivity index (χ1) is 13.0. The van der Waals surface area contributed by atoms with E-state index in [2.05, 4.69) is 0 Å². The Labute approximate surface area is 159 Å². The van der Waals surface area contributed by atoms with E-state index >= 15 is 0 Å². The highest BCUT2D eigenvalue weighted by Gasteiger charge is 2.20. The molecule has 1 unspecified atom stereocenters. The van der Waals surface area contributed by atoms with Crippen LogP contribution in [0.4, 0.5) is 0 Å². The van der Waals surface area contributed by atoms with E-state index < -0.39 is 18.0 Å². The van der Waals surface area contributed by atoms with Gasteiger partial charge in [-0.25, -0.2) is 0 Å². The summed E-state index contributed by atoms with van der Waals surface area (Å²) in [5, 5.41) is 9.03. The van der Waals surface area contributed by atoms with Gasteiger partial charge in [0.15, 0.2) is 0 Å². The Bertz CT molecular complexity index is 740. The molecule has 0 fully saturated rings. The lowest BCUT2D eigenvalue weighted by Gasteiger charge is -2.16. The monoisotopic (exact) mass is 368 g/mol. The molecule has 0 saturated heterocycles. The second-order valence-corrected chi connectivity index (χ2v) is 6.44. The van der Waals surface area contributed by atoms with E-state index in [4.69, 9.17) is 9.84 Å². The molecule has 5 heteroatoms. The van der Waals surface area contributed by atoms with Gasteiger partial charge in [-0.1, -0.05) is 60.7 Å². The Morgan fingerprint density at radius 3 is 1.96 bits per heavy atom. The Hall–Kier alpha value is -2.95. The van der Waals surface area contributed by atoms with Gasteiger partial charge in [0, 0.05) is 6.42 Å². The summed E-state index contributed by atoms with van der Waals surface area (Å²) < 4.78 is 5.27. The van der Waals surface area contributed by atoms with Gasteiger partial charge in [0.1, 0.15) is 18.3 Å². The Balaban J connectivity index is 1.79. The first-order valence-electron chi connectivity index (χ1n) is 9.03. The standard InChI is InChI=1S/C22H24O5/c23-19(13-11-17-7-3-1-4-8-17)15-22(26)27-20(16-21(24)25)14-12-18-9-5-2-6-10-18/h1-10,20H,11-16H2,(H,24,25). The van der Waals surface area contributed by atoms with Crippen molar-refractivity contribution in [2.45, 2.75) is 44.6 Å². The number of hydrogen-bond donors (Lipinski definition) is 1. The fraction of sp³-hybridized carbons (Fsp3) is 0.318. The van der Waals surface area contributed by atoms with Crippen molar-refractivity contribution < 1.29 is 24.2 Å². The van der Waals surface area contributed by atoms with Crippen molar-refractivity contribution in [3.8, 4) is 0 Å². The van der Waals surface area contributed by atoms with Crippen molar-refractivity contribution in [1.29, 1.82) is 0 Å². The summed E-state index contributed by atoms with van der Waals surface area (Å²) in [7, 11) is 0. The molecule has 0 aliphatic carbocycles. The molecule has 1 atom stereocenters. The molecule has 0 saturated carbocycles. The molecule has 0 amide bonds. The minimum atomic E-state index is -1.03. The highest BCUT2D eigenvalue weighted by molar-refractivity contribution is 5.95. The number of ether oxygens (including phenoxy) is 1. The van der Waals surface area contributed by atoms with Gasteiger partial charge in [-0.3, -0.25) is 14.4 Å². The number of esters is 1. The average Bonchev–Trinajstić information content (AvgIpc) is 2.65. The number of Topliss-reactive ketones (excluding diaryl/α,β-unsaturated/α-hetero) is 1. The molecular weight excluding hydrogens is 344 g/mol. The maximum Gasteiger partial charge on any atom is 0.313 e. The van der Waals surface area contributed by atoms with Gasteiger partial charge in [0.05, 0.1) is 6.42 Å². The number of hydrogen-bond acceptors (Lipinski definition) is 4. The molecule has 5 nitrogen and oxygen atoms in total. The van der Waals surface area contributed by atoms with E-state index in [0.717, 1.165) is 11.1 Å². The van der Waals surface area contributed by atoms with Crippen molar-refractivity contribution in [3.63, 3.8) is 0 Å². The van der Waals surface area contributed by atoms with Crippen LogP contribution in [0.3, 0.4) is 0 Å². The number of carboxylic acid groups (broad SMARTS) is 1. The minimum Gasteiger partial charge on any atom is -0.481 e. The molecule has 0 aliphatic rings. The van der Waals surface area contributed by atoms with E-state index in [1.54, 1.807) is 0 Å². The van der Waals surface area contributed by atoms with E-state index in [9.17, 15) is 14.4 Å². The molecule has 142 valence electrons. The fourth-order valence-corrected chi connectivity index (χ4v) is 2.78. The second kappa shape index (κ2) is 10.9. The summed E-state index contributed by atoms with van der Waals surface area (Å²) in [6, 6.07) is 19.1. The molecule has 1 N–H and O–H groups in total. The van der Waals surface area contributed by atoms with Gasteiger partial charge in [0.2, 0.25) is 0 Å². The summed E-state index contributed by atoms with van der Waals surface area (Å²) in [6.45, 7) is 0. The summed E-state index contributed by atoms with van der Waals surface area (Å²) >= 11 is 0. The number of carboxylic acids is 1. The largest absolute Gasteiger partial charge is 0.481 e. The van der Waals surface area contributed by atoms with Crippen molar-refractivity contribution in [3.05, 3.63) is 71.8 Å². The highest BCUT2D eigenvalue weighted by Crippen LogP contribution is 2.12. The smallest absolute Gasteiger partial charge is 0.313 e. The third-order valence-corrected chi connectivity index (χ3v) is 4.18. The fourth-order valence-electron chi connectivity index (χ4n) is 2.78. The molecule has 2 aromatic rings. The molecule has 0 aliphatic heterocycles. The van der Waals surface area contributed by atoms with Crippen LogP contribution in [0.5, 0.6) is 0 Å². The van der Waals surface area contributed by atoms with Crippen LogP contribution in [0.2, 0.25) is 0 Å². The number of carbonyl (C=O) groups excluding carboxylic acids is 2. The first kappa shape index (κ1) is 20.4. The number of rotatable bonds is 11. The summed E-state index contributed by atoms with van der Waals surface area (Å²) in [5.74, 6) is -1.90. The minimum absolute atomic E-state index is 0.207. The zero-order valence-electron chi connectivity index (χ0n) is 15.2. The van der Waals surface area contributed by atoms with Gasteiger partial charge in [-0.2, -0.15) is 0 Å². The maximum atomic E-state index is 12.0. The lowest BCUT2D eigenvalue weighted by molar-refractivity contribution is -0.154. The van der Waals surface area contributed by atoms with E-state index in [1.807, 2.05) is 60.7 Å². The summed E-state index contributed by atoms with van der Waals surface area (Å²) in [4.78, 5) is 35.1. The van der Waals surface area contributed by atoms with Crippen LogP contribution in [0, 0.1) is 0 Å². The quantitative estimate of drug-likeness (QED) is 0.484. The predicted molar refractivity (Wildman–Crippen MR) is 101 cm³/mol. The zero-order chi connectivity index (χ0) is 19.5. The SMILES string of the molecule is O=C(O)CC(CCc1ccccc1)OC(=O)CC(=O)CCc1ccccc1. The molecule has 0 radical (unpaired) electrons. The molecular formula is C22H24O5. The van der Waals surface area contributed by atoms with Crippen molar-refractivity contribution >= 4 is 17.7 Å². The number of ketones is 1. The van der Waals surface area contributed by atoms with E-state index in [-0.39, 0.29) is 25.0 Å². The summed E-state index contributed by atoms with van der Waals surface area (Å²) in [5.41, 5.74) is 2.08. The zero-order valence-corrected chi connectivity index (χ0v) is 15.2. The second-order valence-electron chi connectivity index (χ2n) is 6.44. The molecule has 0 aromatic heterocycles. The van der Waals surface area contributed by atoms with Crippen LogP contribution in [0.1, 0.15) is 36.8 Å². The van der Waals surface area contributed by atoms with Crippen LogP contribution in [0.15, 0.2) is 60.7 Å². The van der Waals surface area contributed by atoms with Crippen LogP contribution >= 0.6 is 0 Å². The maximum absolute atomic E-state index is 12.0. The van der Waals surface area contributed by atoms with Crippen LogP contribution in [-0.4, -0.2) is 28.9 Å². The van der Waals surface area contributed by atoms with Crippen molar-refractivity contribution in [2.75, 3.05) is 0 Å². The predicted octanol–water partition coefficient (Wildman–Crippen LogP) is 3.60. The normalized spacial score (nSPS) is 11.6. The lowest BCUT2D eigenvalue weighted by atomic mass is 10.0. The number of aryl methyl sites for hydroxylation is 2. The number of carbonyl (C=O) groups is 3. The number of benzene rings is 2. The van der Waals surface area contributed by atoms with Gasteiger partial charge >= 0.3 is 11.9 Å². The van der Waals surface area contributed by atoms with Crippen LogP contribution in [0.25, 0.3) is 0 Å². The van der Waals surface area contributed by atoms with E-state index in [1.165, 1.54) is 0 Å². The molecule has 2 rings (SSSR count). The van der Waals surface area contributed by atoms with Gasteiger partial charge < -0.3 is 9.84 Å². The highest BCUT2D eigenvalue weighted by atomic mass is 16.5. The molecule has 0 bridgehead atoms. The lowest BCUT2D eigenvalue weighted by Crippen LogP contribution is -2.24. The average molecular weight is 368 g/mol. The molecule has 27 heavy (non-hydrogen) atoms. The third-order valence-electron chi connectivity index (χ3n) is 4.18. The van der Waals surface area contributed by atoms with Crippen LogP contribution in [-0.2, 0) is 32.0 Å². The third kappa shape index (κ3) is 8.31. The topological polar surface area (TPSA) is 80.7 Å². The molecule has 2 aromatic carbocycles. The van der Waals surface area contributed by atoms with Gasteiger partial charge in [-0.05, 0) is 30.4 Å². The molecule has 0 spiro atoms. The molecule has 0 heterocycles.